The lowest BCUT2D eigenvalue weighted by Gasteiger charge is -2.34. The molecule has 0 unspecified atom stereocenters. The number of rotatable bonds is 4. The zero-order chi connectivity index (χ0) is 21.4. The molecule has 0 bridgehead atoms. The van der Waals surface area contributed by atoms with Crippen LogP contribution >= 0.6 is 0 Å². The molecular weight excluding hydrogens is 400 g/mol. The molecule has 0 spiro atoms. The molecule has 8 nitrogen and oxygen atoms in total. The third-order valence-electron chi connectivity index (χ3n) is 5.27. The van der Waals surface area contributed by atoms with E-state index in [-0.39, 0.29) is 5.41 Å². The van der Waals surface area contributed by atoms with E-state index in [0.717, 1.165) is 11.4 Å². The number of anilines is 1. The molecule has 2 aromatic heterocycles. The first-order chi connectivity index (χ1) is 14.2. The van der Waals surface area contributed by atoms with Gasteiger partial charge in [0, 0.05) is 38.6 Å². The van der Waals surface area contributed by atoms with E-state index < -0.39 is 10.0 Å². The van der Waals surface area contributed by atoms with Gasteiger partial charge < -0.3 is 4.90 Å². The highest BCUT2D eigenvalue weighted by Gasteiger charge is 2.29. The van der Waals surface area contributed by atoms with Crippen LogP contribution in [0.25, 0.3) is 5.82 Å². The van der Waals surface area contributed by atoms with Crippen molar-refractivity contribution in [2.24, 2.45) is 0 Å². The zero-order valence-corrected chi connectivity index (χ0v) is 18.2. The van der Waals surface area contributed by atoms with Gasteiger partial charge >= 0.3 is 0 Å². The number of aromatic nitrogens is 4. The quantitative estimate of drug-likeness (QED) is 0.637. The van der Waals surface area contributed by atoms with Gasteiger partial charge in [0.15, 0.2) is 5.82 Å². The molecule has 1 aliphatic heterocycles. The van der Waals surface area contributed by atoms with Gasteiger partial charge in [0.05, 0.1) is 17.3 Å². The minimum absolute atomic E-state index is 0.0142. The highest BCUT2D eigenvalue weighted by atomic mass is 32.2. The Balaban J connectivity index is 1.46. The second kappa shape index (κ2) is 7.81. The second-order valence-corrected chi connectivity index (χ2v) is 10.3. The number of piperazine rings is 1. The van der Waals surface area contributed by atoms with Crippen molar-refractivity contribution in [3.8, 4) is 5.82 Å². The van der Waals surface area contributed by atoms with Gasteiger partial charge in [-0.3, -0.25) is 4.98 Å². The minimum atomic E-state index is -3.52. The van der Waals surface area contributed by atoms with E-state index in [4.69, 9.17) is 0 Å². The van der Waals surface area contributed by atoms with Crippen LogP contribution in [0, 0.1) is 0 Å². The molecular formula is C21H26N6O2S. The Morgan fingerprint density at radius 1 is 0.933 bits per heavy atom. The van der Waals surface area contributed by atoms with Crippen molar-refractivity contribution in [3.63, 3.8) is 0 Å². The highest BCUT2D eigenvalue weighted by Crippen LogP contribution is 2.25. The molecule has 30 heavy (non-hydrogen) atoms. The lowest BCUT2D eigenvalue weighted by atomic mass is 9.87. The summed E-state index contributed by atoms with van der Waals surface area (Å²) in [6.45, 7) is 8.24. The van der Waals surface area contributed by atoms with Crippen LogP contribution in [0.1, 0.15) is 26.3 Å². The van der Waals surface area contributed by atoms with Crippen molar-refractivity contribution in [3.05, 3.63) is 60.7 Å². The first kappa shape index (κ1) is 20.5. The summed E-state index contributed by atoms with van der Waals surface area (Å²) in [6, 6.07) is 9.05. The topological polar surface area (TPSA) is 84.2 Å². The van der Waals surface area contributed by atoms with Crippen LogP contribution in [0.15, 0.2) is 60.0 Å². The number of hydrogen-bond acceptors (Lipinski definition) is 6. The van der Waals surface area contributed by atoms with E-state index >= 15 is 0 Å². The van der Waals surface area contributed by atoms with Gasteiger partial charge in [-0.2, -0.15) is 9.40 Å². The summed E-state index contributed by atoms with van der Waals surface area (Å²) in [6.07, 6.45) is 6.84. The molecule has 1 aromatic carbocycles. The molecule has 1 aliphatic rings. The van der Waals surface area contributed by atoms with Gasteiger partial charge in [0.25, 0.3) is 0 Å². The third-order valence-corrected chi connectivity index (χ3v) is 7.18. The molecule has 0 aliphatic carbocycles. The van der Waals surface area contributed by atoms with Gasteiger partial charge in [-0.05, 0) is 29.2 Å². The van der Waals surface area contributed by atoms with Crippen LogP contribution in [-0.4, -0.2) is 58.7 Å². The predicted octanol–water partition coefficient (Wildman–Crippen LogP) is 2.47. The Morgan fingerprint density at radius 3 is 2.20 bits per heavy atom. The summed E-state index contributed by atoms with van der Waals surface area (Å²) < 4.78 is 29.3. The lowest BCUT2D eigenvalue weighted by molar-refractivity contribution is 0.383. The standard InChI is InChI=1S/C21H26N6O2S/c1-21(2,3)17-5-7-18(8-6-17)30(28,29)26-13-11-25(12-14-26)19-15-22-16-20(24-19)27-10-4-9-23-27/h4-10,15-16H,11-14H2,1-3H3. The fourth-order valence-corrected chi connectivity index (χ4v) is 4.87. The van der Waals surface area contributed by atoms with Crippen molar-refractivity contribution in [1.29, 1.82) is 0 Å². The van der Waals surface area contributed by atoms with Crippen LogP contribution in [0.2, 0.25) is 0 Å². The maximum Gasteiger partial charge on any atom is 0.243 e. The summed E-state index contributed by atoms with van der Waals surface area (Å²) in [5.74, 6) is 1.35. The third kappa shape index (κ3) is 4.08. The van der Waals surface area contributed by atoms with Gasteiger partial charge in [0.1, 0.15) is 5.82 Å². The fourth-order valence-electron chi connectivity index (χ4n) is 3.45. The maximum absolute atomic E-state index is 13.1. The second-order valence-electron chi connectivity index (χ2n) is 8.35. The van der Waals surface area contributed by atoms with Crippen molar-refractivity contribution >= 4 is 15.8 Å². The molecule has 158 valence electrons. The Bertz CT molecular complexity index is 1100. The fraction of sp³-hybridized carbons (Fsp3) is 0.381. The maximum atomic E-state index is 13.1. The van der Waals surface area contributed by atoms with Gasteiger partial charge in [-0.1, -0.05) is 32.9 Å². The predicted molar refractivity (Wildman–Crippen MR) is 115 cm³/mol. The van der Waals surface area contributed by atoms with E-state index in [2.05, 4.69) is 40.7 Å². The van der Waals surface area contributed by atoms with Gasteiger partial charge in [-0.25, -0.2) is 18.1 Å². The Morgan fingerprint density at radius 2 is 1.60 bits per heavy atom. The molecule has 3 heterocycles. The smallest absolute Gasteiger partial charge is 0.243 e. The summed E-state index contributed by atoms with van der Waals surface area (Å²) >= 11 is 0. The summed E-state index contributed by atoms with van der Waals surface area (Å²) in [5, 5.41) is 4.18. The molecule has 9 heteroatoms. The Labute approximate surface area is 177 Å². The molecule has 0 saturated carbocycles. The molecule has 3 aromatic rings. The number of sulfonamides is 1. The molecule has 0 radical (unpaired) electrons. The Kier molecular flexibility index (Phi) is 5.33. The zero-order valence-electron chi connectivity index (χ0n) is 17.4. The van der Waals surface area contributed by atoms with Crippen molar-refractivity contribution < 1.29 is 8.42 Å². The molecule has 4 rings (SSSR count). The van der Waals surface area contributed by atoms with E-state index in [1.54, 1.807) is 39.7 Å². The normalized spacial score (nSPS) is 16.0. The minimum Gasteiger partial charge on any atom is -0.353 e. The molecule has 1 fully saturated rings. The van der Waals surface area contributed by atoms with Crippen LogP contribution in [0.5, 0.6) is 0 Å². The molecule has 0 N–H and O–H groups in total. The van der Waals surface area contributed by atoms with Crippen LogP contribution in [0.3, 0.4) is 0 Å². The van der Waals surface area contributed by atoms with E-state index in [1.165, 1.54) is 0 Å². The van der Waals surface area contributed by atoms with Gasteiger partial charge in [-0.15, -0.1) is 0 Å². The monoisotopic (exact) mass is 426 g/mol. The highest BCUT2D eigenvalue weighted by molar-refractivity contribution is 7.89. The number of benzene rings is 1. The first-order valence-electron chi connectivity index (χ1n) is 9.93. The lowest BCUT2D eigenvalue weighted by Crippen LogP contribution is -2.49. The molecule has 0 atom stereocenters. The van der Waals surface area contributed by atoms with Crippen LogP contribution in [-0.2, 0) is 15.4 Å². The van der Waals surface area contributed by atoms with E-state index in [0.29, 0.717) is 36.9 Å². The molecule has 1 saturated heterocycles. The largest absolute Gasteiger partial charge is 0.353 e. The summed E-state index contributed by atoms with van der Waals surface area (Å²) in [5.41, 5.74) is 1.10. The van der Waals surface area contributed by atoms with Crippen molar-refractivity contribution in [2.75, 3.05) is 31.1 Å². The van der Waals surface area contributed by atoms with Crippen molar-refractivity contribution in [2.45, 2.75) is 31.1 Å². The average Bonchev–Trinajstić information content (AvgIpc) is 3.28. The van der Waals surface area contributed by atoms with Gasteiger partial charge in [0.2, 0.25) is 10.0 Å². The van der Waals surface area contributed by atoms with E-state index in [1.807, 2.05) is 24.4 Å². The number of nitrogens with zero attached hydrogens (tertiary/aromatic N) is 6. The average molecular weight is 427 g/mol. The number of hydrogen-bond donors (Lipinski definition) is 0. The summed E-state index contributed by atoms with van der Waals surface area (Å²) in [7, 11) is -3.52. The molecule has 0 amide bonds. The van der Waals surface area contributed by atoms with E-state index in [9.17, 15) is 8.42 Å². The first-order valence-corrected chi connectivity index (χ1v) is 11.4. The summed E-state index contributed by atoms with van der Waals surface area (Å²) in [4.78, 5) is 11.3. The SMILES string of the molecule is CC(C)(C)c1ccc(S(=O)(=O)N2CCN(c3cncc(-n4cccn4)n3)CC2)cc1. The van der Waals surface area contributed by atoms with Crippen molar-refractivity contribution in [1.82, 2.24) is 24.1 Å². The van der Waals surface area contributed by atoms with Crippen LogP contribution < -0.4 is 4.90 Å². The van der Waals surface area contributed by atoms with Crippen LogP contribution in [0.4, 0.5) is 5.82 Å². The Hall–Kier alpha value is -2.78.